The molecular formula is C12H11F3N4O. The van der Waals surface area contributed by atoms with Crippen LogP contribution in [0.5, 0.6) is 0 Å². The summed E-state index contributed by atoms with van der Waals surface area (Å²) in [5, 5.41) is 9.65. The first kappa shape index (κ1) is 14.0. The second-order valence-corrected chi connectivity index (χ2v) is 4.22. The van der Waals surface area contributed by atoms with E-state index in [0.717, 1.165) is 6.92 Å². The Morgan fingerprint density at radius 1 is 1.35 bits per heavy atom. The van der Waals surface area contributed by atoms with Gasteiger partial charge < -0.3 is 5.32 Å². The van der Waals surface area contributed by atoms with Crippen LogP contribution >= 0.6 is 0 Å². The predicted molar refractivity (Wildman–Crippen MR) is 63.2 cm³/mol. The Bertz CT molecular complexity index is 669. The van der Waals surface area contributed by atoms with Crippen molar-refractivity contribution in [2.75, 3.05) is 0 Å². The van der Waals surface area contributed by atoms with E-state index in [-0.39, 0.29) is 6.54 Å². The molecule has 0 spiro atoms. The summed E-state index contributed by atoms with van der Waals surface area (Å²) in [6, 6.07) is 0.482. The highest BCUT2D eigenvalue weighted by molar-refractivity contribution is 5.94. The van der Waals surface area contributed by atoms with Crippen LogP contribution in [0.15, 0.2) is 12.3 Å². The third-order valence-electron chi connectivity index (χ3n) is 2.71. The van der Waals surface area contributed by atoms with Gasteiger partial charge in [0.25, 0.3) is 5.91 Å². The molecule has 2 rings (SSSR count). The van der Waals surface area contributed by atoms with Crippen molar-refractivity contribution in [3.8, 4) is 0 Å². The molecule has 0 aliphatic carbocycles. The Hall–Kier alpha value is -2.38. The molecule has 0 unspecified atom stereocenters. The number of hydrogen-bond acceptors (Lipinski definition) is 3. The van der Waals surface area contributed by atoms with Crippen LogP contribution in [0.4, 0.5) is 13.2 Å². The molecule has 106 valence electrons. The first-order chi connectivity index (χ1) is 9.40. The van der Waals surface area contributed by atoms with Crippen LogP contribution in [0, 0.1) is 24.4 Å². The van der Waals surface area contributed by atoms with Crippen LogP contribution < -0.4 is 5.32 Å². The zero-order valence-electron chi connectivity index (χ0n) is 10.7. The number of halogens is 3. The fourth-order valence-electron chi connectivity index (χ4n) is 1.63. The smallest absolute Gasteiger partial charge is 0.257 e. The van der Waals surface area contributed by atoms with E-state index >= 15 is 0 Å². The van der Waals surface area contributed by atoms with Gasteiger partial charge in [0.2, 0.25) is 0 Å². The summed E-state index contributed by atoms with van der Waals surface area (Å²) in [5.74, 6) is -4.47. The topological polar surface area (TPSA) is 59.8 Å². The molecular weight excluding hydrogens is 273 g/mol. The van der Waals surface area contributed by atoms with Crippen molar-refractivity contribution in [1.82, 2.24) is 20.3 Å². The van der Waals surface area contributed by atoms with Gasteiger partial charge in [-0.15, -0.1) is 5.10 Å². The average Bonchev–Trinajstić information content (AvgIpc) is 2.79. The van der Waals surface area contributed by atoms with Crippen LogP contribution in [0.1, 0.15) is 21.6 Å². The predicted octanol–water partition coefficient (Wildman–Crippen LogP) is 1.47. The molecule has 0 atom stereocenters. The van der Waals surface area contributed by atoms with Crippen molar-refractivity contribution >= 4 is 5.91 Å². The van der Waals surface area contributed by atoms with Gasteiger partial charge >= 0.3 is 0 Å². The minimum atomic E-state index is -1.25. The van der Waals surface area contributed by atoms with Crippen molar-refractivity contribution in [3.05, 3.63) is 46.5 Å². The molecule has 5 nitrogen and oxygen atoms in total. The summed E-state index contributed by atoms with van der Waals surface area (Å²) < 4.78 is 41.8. The maximum Gasteiger partial charge on any atom is 0.257 e. The van der Waals surface area contributed by atoms with E-state index < -0.39 is 34.5 Å². The lowest BCUT2D eigenvalue weighted by Gasteiger charge is -2.08. The SMILES string of the molecule is Cc1c(F)cc(F)c(C(=O)NCc2cn(C)nn2)c1F. The van der Waals surface area contributed by atoms with Gasteiger partial charge in [0.15, 0.2) is 0 Å². The van der Waals surface area contributed by atoms with Gasteiger partial charge in [-0.3, -0.25) is 9.48 Å². The van der Waals surface area contributed by atoms with Gasteiger partial charge in [-0.1, -0.05) is 5.21 Å². The molecule has 0 saturated carbocycles. The highest BCUT2D eigenvalue weighted by Crippen LogP contribution is 2.19. The molecule has 1 amide bonds. The molecule has 1 aromatic carbocycles. The highest BCUT2D eigenvalue weighted by Gasteiger charge is 2.22. The monoisotopic (exact) mass is 284 g/mol. The second-order valence-electron chi connectivity index (χ2n) is 4.22. The van der Waals surface area contributed by atoms with Crippen molar-refractivity contribution in [2.24, 2.45) is 7.05 Å². The Kier molecular flexibility index (Phi) is 3.73. The fraction of sp³-hybridized carbons (Fsp3) is 0.250. The number of hydrogen-bond donors (Lipinski definition) is 1. The standard InChI is InChI=1S/C12H11F3N4O/c1-6-8(13)3-9(14)10(11(6)15)12(20)16-4-7-5-19(2)18-17-7/h3,5H,4H2,1-2H3,(H,16,20). The zero-order chi connectivity index (χ0) is 14.9. The lowest BCUT2D eigenvalue weighted by atomic mass is 10.1. The minimum absolute atomic E-state index is 0.0397. The zero-order valence-corrected chi connectivity index (χ0v) is 10.7. The summed E-state index contributed by atoms with van der Waals surface area (Å²) in [6.45, 7) is 1.09. The molecule has 0 aliphatic heterocycles. The summed E-state index contributed by atoms with van der Waals surface area (Å²) in [7, 11) is 1.64. The van der Waals surface area contributed by atoms with Gasteiger partial charge in [0.1, 0.15) is 28.7 Å². The maximum absolute atomic E-state index is 13.7. The molecule has 0 bridgehead atoms. The van der Waals surface area contributed by atoms with E-state index in [9.17, 15) is 18.0 Å². The normalized spacial score (nSPS) is 10.7. The largest absolute Gasteiger partial charge is 0.346 e. The Balaban J connectivity index is 2.19. The van der Waals surface area contributed by atoms with Crippen LogP contribution in [-0.2, 0) is 13.6 Å². The van der Waals surface area contributed by atoms with E-state index in [2.05, 4.69) is 15.6 Å². The van der Waals surface area contributed by atoms with E-state index in [4.69, 9.17) is 0 Å². The third-order valence-corrected chi connectivity index (χ3v) is 2.71. The molecule has 0 fully saturated rings. The maximum atomic E-state index is 13.7. The molecule has 0 radical (unpaired) electrons. The van der Waals surface area contributed by atoms with Crippen molar-refractivity contribution < 1.29 is 18.0 Å². The lowest BCUT2D eigenvalue weighted by molar-refractivity contribution is 0.0941. The Morgan fingerprint density at radius 3 is 2.65 bits per heavy atom. The van der Waals surface area contributed by atoms with Gasteiger partial charge in [-0.25, -0.2) is 13.2 Å². The number of aromatic nitrogens is 3. The molecule has 1 N–H and O–H groups in total. The van der Waals surface area contributed by atoms with Crippen LogP contribution in [0.25, 0.3) is 0 Å². The first-order valence-corrected chi connectivity index (χ1v) is 5.67. The molecule has 0 aliphatic rings. The number of benzene rings is 1. The van der Waals surface area contributed by atoms with Gasteiger partial charge in [0.05, 0.1) is 6.54 Å². The number of nitrogens with zero attached hydrogens (tertiary/aromatic N) is 3. The van der Waals surface area contributed by atoms with Gasteiger partial charge in [-0.2, -0.15) is 0 Å². The van der Waals surface area contributed by atoms with Crippen LogP contribution in [-0.4, -0.2) is 20.9 Å². The van der Waals surface area contributed by atoms with E-state index in [1.807, 2.05) is 0 Å². The molecule has 20 heavy (non-hydrogen) atoms. The van der Waals surface area contributed by atoms with E-state index in [0.29, 0.717) is 11.8 Å². The number of aryl methyl sites for hydroxylation is 1. The van der Waals surface area contributed by atoms with Crippen LogP contribution in [0.3, 0.4) is 0 Å². The highest BCUT2D eigenvalue weighted by atomic mass is 19.1. The number of nitrogens with one attached hydrogen (secondary N) is 1. The fourth-order valence-corrected chi connectivity index (χ4v) is 1.63. The van der Waals surface area contributed by atoms with Crippen molar-refractivity contribution in [2.45, 2.75) is 13.5 Å². The summed E-state index contributed by atoms with van der Waals surface area (Å²) >= 11 is 0. The van der Waals surface area contributed by atoms with Gasteiger partial charge in [0, 0.05) is 24.9 Å². The second kappa shape index (κ2) is 5.32. The number of carbonyl (C=O) groups is 1. The summed E-state index contributed by atoms with van der Waals surface area (Å²) in [6.07, 6.45) is 1.54. The number of amides is 1. The van der Waals surface area contributed by atoms with Crippen LogP contribution in [0.2, 0.25) is 0 Å². The van der Waals surface area contributed by atoms with Crippen molar-refractivity contribution in [1.29, 1.82) is 0 Å². The van der Waals surface area contributed by atoms with E-state index in [1.54, 1.807) is 13.2 Å². The Labute approximate surface area is 112 Å². The van der Waals surface area contributed by atoms with E-state index in [1.165, 1.54) is 4.68 Å². The summed E-state index contributed by atoms with van der Waals surface area (Å²) in [5.41, 5.74) is -0.788. The summed E-state index contributed by atoms with van der Waals surface area (Å²) in [4.78, 5) is 11.8. The third kappa shape index (κ3) is 2.63. The molecule has 1 aromatic heterocycles. The lowest BCUT2D eigenvalue weighted by Crippen LogP contribution is -2.26. The number of carbonyl (C=O) groups excluding carboxylic acids is 1. The molecule has 2 aromatic rings. The number of rotatable bonds is 3. The Morgan fingerprint density at radius 2 is 2.05 bits per heavy atom. The quantitative estimate of drug-likeness (QED) is 0.928. The average molecular weight is 284 g/mol. The molecule has 1 heterocycles. The van der Waals surface area contributed by atoms with Crippen molar-refractivity contribution in [3.63, 3.8) is 0 Å². The molecule has 8 heteroatoms. The molecule has 0 saturated heterocycles. The minimum Gasteiger partial charge on any atom is -0.346 e. The van der Waals surface area contributed by atoms with Gasteiger partial charge in [-0.05, 0) is 6.92 Å². The first-order valence-electron chi connectivity index (χ1n) is 5.67.